The van der Waals surface area contributed by atoms with Crippen molar-refractivity contribution in [1.29, 1.82) is 0 Å². The van der Waals surface area contributed by atoms with Crippen LogP contribution < -0.4 is 20.1 Å². The lowest BCUT2D eigenvalue weighted by Gasteiger charge is -2.23. The van der Waals surface area contributed by atoms with Crippen LogP contribution in [-0.4, -0.2) is 55.3 Å². The van der Waals surface area contributed by atoms with Crippen LogP contribution in [0.25, 0.3) is 0 Å². The molecule has 0 saturated carbocycles. The maximum absolute atomic E-state index is 12.9. The van der Waals surface area contributed by atoms with Crippen molar-refractivity contribution in [3.63, 3.8) is 0 Å². The van der Waals surface area contributed by atoms with Crippen molar-refractivity contribution < 1.29 is 28.6 Å². The van der Waals surface area contributed by atoms with Crippen LogP contribution in [0, 0.1) is 6.92 Å². The van der Waals surface area contributed by atoms with Gasteiger partial charge in [-0.2, -0.15) is 0 Å². The predicted octanol–water partition coefficient (Wildman–Crippen LogP) is 0.955. The number of carbonyl (C=O) groups excluding carboxylic acids is 3. The van der Waals surface area contributed by atoms with Crippen molar-refractivity contribution in [2.75, 3.05) is 26.5 Å². The molecule has 0 unspecified atom stereocenters. The fourth-order valence-electron chi connectivity index (χ4n) is 3.35. The Kier molecular flexibility index (Phi) is 6.03. The molecule has 2 aliphatic rings. The highest BCUT2D eigenvalue weighted by molar-refractivity contribution is 6.35. The normalized spacial score (nSPS) is 16.8. The molecule has 1 fully saturated rings. The first-order valence-electron chi connectivity index (χ1n) is 9.95. The molecule has 31 heavy (non-hydrogen) atoms. The van der Waals surface area contributed by atoms with Crippen molar-refractivity contribution in [2.24, 2.45) is 0 Å². The zero-order valence-corrected chi connectivity index (χ0v) is 17.1. The number of amides is 3. The zero-order chi connectivity index (χ0) is 21.8. The predicted molar refractivity (Wildman–Crippen MR) is 109 cm³/mol. The van der Waals surface area contributed by atoms with Gasteiger partial charge in [0, 0.05) is 18.7 Å². The number of rotatable bonds is 5. The van der Waals surface area contributed by atoms with Gasteiger partial charge in [0.2, 0.25) is 6.79 Å². The average molecular weight is 425 g/mol. The highest BCUT2D eigenvalue weighted by atomic mass is 16.7. The fourth-order valence-corrected chi connectivity index (χ4v) is 3.35. The first kappa shape index (κ1) is 20.7. The van der Waals surface area contributed by atoms with Crippen LogP contribution in [0.3, 0.4) is 0 Å². The fraction of sp³-hybridized carbons (Fsp3) is 0.318. The van der Waals surface area contributed by atoms with E-state index in [-0.39, 0.29) is 25.8 Å². The van der Waals surface area contributed by atoms with Gasteiger partial charge in [0.1, 0.15) is 6.23 Å². The Morgan fingerprint density at radius 1 is 1.00 bits per heavy atom. The molecule has 0 spiro atoms. The van der Waals surface area contributed by atoms with E-state index in [2.05, 4.69) is 10.6 Å². The molecule has 4 rings (SSSR count). The van der Waals surface area contributed by atoms with Crippen LogP contribution in [-0.2, 0) is 20.9 Å². The lowest BCUT2D eigenvalue weighted by atomic mass is 10.1. The lowest BCUT2D eigenvalue weighted by Crippen LogP contribution is -2.47. The van der Waals surface area contributed by atoms with E-state index in [1.807, 2.05) is 31.2 Å². The second-order valence-electron chi connectivity index (χ2n) is 7.27. The third-order valence-electron chi connectivity index (χ3n) is 5.09. The van der Waals surface area contributed by atoms with E-state index in [1.165, 1.54) is 4.90 Å². The van der Waals surface area contributed by atoms with E-state index in [4.69, 9.17) is 14.2 Å². The van der Waals surface area contributed by atoms with Crippen LogP contribution in [0.5, 0.6) is 11.5 Å². The van der Waals surface area contributed by atoms with Gasteiger partial charge in [-0.1, -0.05) is 29.8 Å². The molecule has 0 radical (unpaired) electrons. The van der Waals surface area contributed by atoms with E-state index in [0.29, 0.717) is 30.2 Å². The van der Waals surface area contributed by atoms with Crippen LogP contribution in [0.4, 0.5) is 0 Å². The Balaban J connectivity index is 1.29. The van der Waals surface area contributed by atoms with E-state index in [9.17, 15) is 14.4 Å². The highest BCUT2D eigenvalue weighted by Gasteiger charge is 2.32. The smallest absolute Gasteiger partial charge is 0.309 e. The molecule has 2 heterocycles. The summed E-state index contributed by atoms with van der Waals surface area (Å²) in [4.78, 5) is 38.6. The minimum Gasteiger partial charge on any atom is -0.454 e. The van der Waals surface area contributed by atoms with Gasteiger partial charge in [-0.25, -0.2) is 0 Å². The molecule has 9 nitrogen and oxygen atoms in total. The van der Waals surface area contributed by atoms with Gasteiger partial charge in [-0.05, 0) is 30.7 Å². The van der Waals surface area contributed by atoms with Gasteiger partial charge >= 0.3 is 11.8 Å². The second-order valence-corrected chi connectivity index (χ2v) is 7.27. The van der Waals surface area contributed by atoms with Crippen LogP contribution in [0.2, 0.25) is 0 Å². The molecular formula is C22H23N3O6. The number of hydrogen-bond donors (Lipinski definition) is 2. The quantitative estimate of drug-likeness (QED) is 0.691. The second kappa shape index (κ2) is 9.05. The third-order valence-corrected chi connectivity index (χ3v) is 5.09. The third kappa shape index (κ3) is 4.77. The number of nitrogens with one attached hydrogen (secondary N) is 2. The molecule has 0 bridgehead atoms. The summed E-state index contributed by atoms with van der Waals surface area (Å²) in [7, 11) is 0. The van der Waals surface area contributed by atoms with Gasteiger partial charge in [0.25, 0.3) is 5.91 Å². The monoisotopic (exact) mass is 425 g/mol. The first-order valence-corrected chi connectivity index (χ1v) is 9.95. The van der Waals surface area contributed by atoms with Crippen molar-refractivity contribution in [3.05, 3.63) is 59.2 Å². The molecule has 2 aliphatic heterocycles. The van der Waals surface area contributed by atoms with Crippen LogP contribution in [0.15, 0.2) is 42.5 Å². The molecule has 3 amide bonds. The maximum atomic E-state index is 12.9. The number of benzene rings is 2. The molecule has 2 aromatic rings. The summed E-state index contributed by atoms with van der Waals surface area (Å²) < 4.78 is 16.2. The summed E-state index contributed by atoms with van der Waals surface area (Å²) in [5.41, 5.74) is 2.44. The standard InChI is InChI=1S/C22H23N3O6/c1-14-2-4-15(5-3-14)11-23-20(26)21(27)24-12-19-25(8-9-29-19)22(28)16-6-7-17-18(10-16)31-13-30-17/h2-7,10,19H,8-9,11-13H2,1H3,(H,23,26)(H,24,27)/t19-/m0/s1. The van der Waals surface area contributed by atoms with E-state index in [1.54, 1.807) is 18.2 Å². The Hall–Kier alpha value is -3.59. The van der Waals surface area contributed by atoms with Gasteiger partial charge in [0.15, 0.2) is 11.5 Å². The summed E-state index contributed by atoms with van der Waals surface area (Å²) >= 11 is 0. The van der Waals surface area contributed by atoms with E-state index < -0.39 is 18.0 Å². The summed E-state index contributed by atoms with van der Waals surface area (Å²) in [6.45, 7) is 3.08. The van der Waals surface area contributed by atoms with Crippen molar-refractivity contribution in [1.82, 2.24) is 15.5 Å². The summed E-state index contributed by atoms with van der Waals surface area (Å²) in [5.74, 6) is -0.667. The summed E-state index contributed by atoms with van der Waals surface area (Å²) in [5, 5.41) is 5.11. The number of nitrogens with zero attached hydrogens (tertiary/aromatic N) is 1. The van der Waals surface area contributed by atoms with E-state index >= 15 is 0 Å². The largest absolute Gasteiger partial charge is 0.454 e. The number of fused-ring (bicyclic) bond motifs is 1. The van der Waals surface area contributed by atoms with Crippen molar-refractivity contribution in [2.45, 2.75) is 19.7 Å². The van der Waals surface area contributed by atoms with Gasteiger partial charge < -0.3 is 29.7 Å². The number of ether oxygens (including phenoxy) is 3. The molecule has 9 heteroatoms. The SMILES string of the molecule is Cc1ccc(CNC(=O)C(=O)NC[C@@H]2OCCN2C(=O)c2ccc3c(c2)OCO3)cc1. The number of carbonyl (C=O) groups is 3. The van der Waals surface area contributed by atoms with Gasteiger partial charge in [-0.3, -0.25) is 14.4 Å². The lowest BCUT2D eigenvalue weighted by molar-refractivity contribution is -0.139. The molecule has 1 atom stereocenters. The Labute approximate surface area is 179 Å². The molecule has 1 saturated heterocycles. The van der Waals surface area contributed by atoms with Crippen molar-refractivity contribution >= 4 is 17.7 Å². The van der Waals surface area contributed by atoms with E-state index in [0.717, 1.165) is 11.1 Å². The average Bonchev–Trinajstić information content (AvgIpc) is 3.45. The number of aryl methyl sites for hydroxylation is 1. The minimum absolute atomic E-state index is 0.00702. The topological polar surface area (TPSA) is 106 Å². The molecule has 2 N–H and O–H groups in total. The Morgan fingerprint density at radius 3 is 2.55 bits per heavy atom. The minimum atomic E-state index is -0.780. The van der Waals surface area contributed by atoms with Crippen molar-refractivity contribution in [3.8, 4) is 11.5 Å². The zero-order valence-electron chi connectivity index (χ0n) is 17.1. The van der Waals surface area contributed by atoms with Crippen LogP contribution >= 0.6 is 0 Å². The molecule has 2 aromatic carbocycles. The Morgan fingerprint density at radius 2 is 1.74 bits per heavy atom. The summed E-state index contributed by atoms with van der Waals surface area (Å²) in [6, 6.07) is 12.6. The first-order chi connectivity index (χ1) is 15.0. The van der Waals surface area contributed by atoms with Gasteiger partial charge in [0.05, 0.1) is 13.2 Å². The summed E-state index contributed by atoms with van der Waals surface area (Å²) in [6.07, 6.45) is -0.660. The van der Waals surface area contributed by atoms with Crippen LogP contribution in [0.1, 0.15) is 21.5 Å². The molecule has 162 valence electrons. The molecular weight excluding hydrogens is 402 g/mol. The maximum Gasteiger partial charge on any atom is 0.309 e. The highest BCUT2D eigenvalue weighted by Crippen LogP contribution is 2.33. The molecule has 0 aromatic heterocycles. The van der Waals surface area contributed by atoms with Gasteiger partial charge in [-0.15, -0.1) is 0 Å². The number of hydrogen-bond acceptors (Lipinski definition) is 6. The molecule has 0 aliphatic carbocycles. The Bertz CT molecular complexity index is 991.